The fourth-order valence-corrected chi connectivity index (χ4v) is 6.27. The molecule has 0 aromatic heterocycles. The summed E-state index contributed by atoms with van der Waals surface area (Å²) in [6.07, 6.45) is 45.0. The molecule has 0 heterocycles. The van der Waals surface area contributed by atoms with Gasteiger partial charge in [0.05, 0.1) is 6.54 Å². The third-order valence-electron chi connectivity index (χ3n) is 9.44. The molecular weight excluding hydrogens is 561 g/mol. The zero-order chi connectivity index (χ0) is 33.4. The van der Waals surface area contributed by atoms with Gasteiger partial charge in [-0.25, -0.2) is 0 Å². The molecule has 0 spiro atoms. The first-order valence-electron chi connectivity index (χ1n) is 20.9. The molecule has 1 aromatic carbocycles. The van der Waals surface area contributed by atoms with Gasteiger partial charge >= 0.3 is 0 Å². The van der Waals surface area contributed by atoms with Gasteiger partial charge in [-0.2, -0.15) is 0 Å². The fraction of sp³-hybridized carbons (Fsp3) is 0.857. The van der Waals surface area contributed by atoms with Crippen molar-refractivity contribution in [2.45, 2.75) is 219 Å². The van der Waals surface area contributed by atoms with E-state index in [9.17, 15) is 5.02 Å². The molecule has 0 aliphatic carbocycles. The van der Waals surface area contributed by atoms with Gasteiger partial charge in [-0.15, -0.1) is 0 Å². The predicted octanol–water partition coefficient (Wildman–Crippen LogP) is 11.5. The molecule has 0 radical (unpaired) electrons. The summed E-state index contributed by atoms with van der Waals surface area (Å²) in [6, 6.07) is 9.36. The van der Waals surface area contributed by atoms with E-state index in [1.807, 2.05) is 30.3 Å². The number of quaternary nitrogens is 1. The molecule has 0 amide bonds. The lowest BCUT2D eigenvalue weighted by Gasteiger charge is -2.19. The van der Waals surface area contributed by atoms with Crippen molar-refractivity contribution in [1.29, 1.82) is 0 Å². The Morgan fingerprint density at radius 2 is 0.717 bits per heavy atom. The quantitative estimate of drug-likeness (QED) is 0.0591. The Balaban J connectivity index is 0.000000896. The first-order valence-corrected chi connectivity index (χ1v) is 20.9. The minimum absolute atomic E-state index is 0.584. The van der Waals surface area contributed by atoms with Crippen LogP contribution in [0.25, 0.3) is 0 Å². The van der Waals surface area contributed by atoms with Crippen molar-refractivity contribution in [3.63, 3.8) is 0 Å². The molecule has 0 bridgehead atoms. The molecule has 270 valence electrons. The van der Waals surface area contributed by atoms with Crippen LogP contribution in [0.3, 0.4) is 0 Å². The van der Waals surface area contributed by atoms with E-state index in [0.717, 1.165) is 18.4 Å². The molecular formula is C42H82BNO2. The van der Waals surface area contributed by atoms with E-state index < -0.39 is 7.12 Å². The molecule has 0 saturated carbocycles. The van der Waals surface area contributed by atoms with Crippen LogP contribution in [0.5, 0.6) is 0 Å². The van der Waals surface area contributed by atoms with Gasteiger partial charge in [-0.05, 0) is 19.3 Å². The van der Waals surface area contributed by atoms with Gasteiger partial charge in [-0.3, -0.25) is 0 Å². The van der Waals surface area contributed by atoms with E-state index in [0.29, 0.717) is 6.61 Å². The summed E-state index contributed by atoms with van der Waals surface area (Å²) < 4.78 is 5.38. The molecule has 1 rings (SSSR count). The van der Waals surface area contributed by atoms with Crippen LogP contribution in [0.1, 0.15) is 219 Å². The van der Waals surface area contributed by atoms with Gasteiger partial charge in [-0.1, -0.05) is 236 Å². The number of hydrogen-bond acceptors (Lipinski definition) is 2. The number of hydrogen-bond donors (Lipinski definition) is 1. The average Bonchev–Trinajstić information content (AvgIpc) is 3.08. The first-order chi connectivity index (χ1) is 22.8. The smallest absolute Gasteiger partial charge is 0.217 e. The van der Waals surface area contributed by atoms with E-state index in [2.05, 4.69) is 19.6 Å². The summed E-state index contributed by atoms with van der Waals surface area (Å²) in [6.45, 7) is 6.28. The molecule has 4 heteroatoms. The Hall–Kier alpha value is -0.835. The van der Waals surface area contributed by atoms with E-state index in [-0.39, 0.29) is 0 Å². The van der Waals surface area contributed by atoms with Crippen LogP contribution >= 0.6 is 0 Å². The number of unbranched alkanes of at least 4 members (excludes halogenated alkanes) is 30. The summed E-state index contributed by atoms with van der Waals surface area (Å²) >= 11 is 0. The molecule has 3 nitrogen and oxygen atoms in total. The maximum Gasteiger partial charge on any atom is 0.217 e. The van der Waals surface area contributed by atoms with Gasteiger partial charge in [0.25, 0.3) is 0 Å². The minimum Gasteiger partial charge on any atom is -0.853 e. The third-order valence-corrected chi connectivity index (χ3v) is 9.44. The Morgan fingerprint density at radius 3 is 1.02 bits per heavy atom. The van der Waals surface area contributed by atoms with Crippen molar-refractivity contribution in [2.75, 3.05) is 13.2 Å². The lowest BCUT2D eigenvalue weighted by atomic mass is 9.80. The maximum absolute atomic E-state index is 11.8. The van der Waals surface area contributed by atoms with Crippen LogP contribution in [0.4, 0.5) is 0 Å². The molecule has 0 aliphatic heterocycles. The van der Waals surface area contributed by atoms with Gasteiger partial charge in [0.15, 0.2) is 0 Å². The Bertz CT molecular complexity index is 640. The molecule has 0 fully saturated rings. The topological polar surface area (TPSA) is 59.9 Å². The van der Waals surface area contributed by atoms with E-state index in [4.69, 9.17) is 4.65 Å². The van der Waals surface area contributed by atoms with Crippen LogP contribution in [0, 0.1) is 0 Å². The van der Waals surface area contributed by atoms with Crippen LogP contribution in [-0.2, 0) is 4.65 Å². The Morgan fingerprint density at radius 1 is 0.435 bits per heavy atom. The largest absolute Gasteiger partial charge is 0.853 e. The molecule has 0 unspecified atom stereocenters. The third kappa shape index (κ3) is 36.0. The van der Waals surface area contributed by atoms with Crippen molar-refractivity contribution in [3.8, 4) is 0 Å². The van der Waals surface area contributed by atoms with E-state index >= 15 is 0 Å². The van der Waals surface area contributed by atoms with Gasteiger partial charge in [0, 0.05) is 6.61 Å². The highest BCUT2D eigenvalue weighted by Gasteiger charge is 2.02. The van der Waals surface area contributed by atoms with Crippen molar-refractivity contribution < 1.29 is 15.4 Å². The van der Waals surface area contributed by atoms with Crippen LogP contribution in [-0.4, -0.2) is 20.3 Å². The van der Waals surface area contributed by atoms with Crippen LogP contribution in [0.15, 0.2) is 30.3 Å². The van der Waals surface area contributed by atoms with Crippen molar-refractivity contribution in [2.24, 2.45) is 0 Å². The zero-order valence-corrected chi connectivity index (χ0v) is 31.5. The Labute approximate surface area is 290 Å². The molecule has 46 heavy (non-hydrogen) atoms. The summed E-state index contributed by atoms with van der Waals surface area (Å²) in [7, 11) is -1.02. The van der Waals surface area contributed by atoms with Crippen molar-refractivity contribution >= 4 is 12.6 Å². The monoisotopic (exact) mass is 644 g/mol. The highest BCUT2D eigenvalue weighted by atomic mass is 16.5. The van der Waals surface area contributed by atoms with Crippen molar-refractivity contribution in [3.05, 3.63) is 30.3 Å². The second-order valence-electron chi connectivity index (χ2n) is 14.1. The van der Waals surface area contributed by atoms with Gasteiger partial charge in [0.1, 0.15) is 0 Å². The average molecular weight is 644 g/mol. The molecule has 1 aromatic rings. The first kappa shape index (κ1) is 45.2. The lowest BCUT2D eigenvalue weighted by Crippen LogP contribution is -2.50. The standard InChI is InChI=1S/C22H38BO2.C20H43N/c1-2-3-4-5-6-7-8-9-10-11-12-13-14-18-21-25-23(24)22-19-16-15-17-20-22;1-2-3-4-5-6-7-8-9-10-11-12-13-14-15-16-17-18-19-20-21/h15-17,19-20H,2-14,18,21H2,1H3;2-21H2,1H3/q-1;/p+1. The Kier molecular flexibility index (Phi) is 39.6. The number of rotatable bonds is 35. The molecule has 3 N–H and O–H groups in total. The highest BCUT2D eigenvalue weighted by molar-refractivity contribution is 6.58. The van der Waals surface area contributed by atoms with Crippen molar-refractivity contribution in [1.82, 2.24) is 0 Å². The lowest BCUT2D eigenvalue weighted by molar-refractivity contribution is -0.368. The summed E-state index contributed by atoms with van der Waals surface area (Å²) in [4.78, 5) is 0. The fourth-order valence-electron chi connectivity index (χ4n) is 6.27. The van der Waals surface area contributed by atoms with E-state index in [1.54, 1.807) is 0 Å². The van der Waals surface area contributed by atoms with Crippen LogP contribution < -0.4 is 16.2 Å². The van der Waals surface area contributed by atoms with Crippen LogP contribution in [0.2, 0.25) is 0 Å². The summed E-state index contributed by atoms with van der Waals surface area (Å²) in [5.41, 5.74) is 4.63. The second kappa shape index (κ2) is 40.3. The maximum atomic E-state index is 11.8. The normalized spacial score (nSPS) is 11.0. The SMILES string of the molecule is CCCCCCCCCCCCCCCCCCCC[NH3+].CCCCCCCCCCCCCCCCOB([O-])c1ccccc1. The van der Waals surface area contributed by atoms with Gasteiger partial charge in [0.2, 0.25) is 7.12 Å². The number of benzene rings is 1. The molecule has 0 saturated heterocycles. The highest BCUT2D eigenvalue weighted by Crippen LogP contribution is 2.15. The summed E-state index contributed by atoms with van der Waals surface area (Å²) in [5, 5.41) is 11.8. The zero-order valence-electron chi connectivity index (χ0n) is 31.5. The van der Waals surface area contributed by atoms with E-state index in [1.165, 1.54) is 199 Å². The minimum atomic E-state index is -1.02. The molecule has 0 atom stereocenters. The van der Waals surface area contributed by atoms with Gasteiger partial charge < -0.3 is 15.4 Å². The molecule has 0 aliphatic rings. The summed E-state index contributed by atoms with van der Waals surface area (Å²) in [5.74, 6) is 0. The predicted molar refractivity (Wildman–Crippen MR) is 205 cm³/mol. The second-order valence-corrected chi connectivity index (χ2v) is 14.1.